The summed E-state index contributed by atoms with van der Waals surface area (Å²) < 4.78 is 52.5. The van der Waals surface area contributed by atoms with Crippen LogP contribution in [0.3, 0.4) is 0 Å². The molecule has 0 saturated carbocycles. The fourth-order valence-electron chi connectivity index (χ4n) is 3.65. The molecule has 1 aliphatic rings. The largest absolute Gasteiger partial charge is 0.349 e. The van der Waals surface area contributed by atoms with Crippen molar-refractivity contribution in [2.75, 3.05) is 27.2 Å². The van der Waals surface area contributed by atoms with Gasteiger partial charge in [-0.15, -0.1) is 0 Å². The Morgan fingerprint density at radius 1 is 0.938 bits per heavy atom. The Balaban J connectivity index is 1.58. The SMILES string of the molecule is CC(NC(=O)C1CCN(S(=O)(=O)c2ccccc2)CC1)c1ccc(S(=O)(=O)N(C)C)cc1. The number of hydrogen-bond acceptors (Lipinski definition) is 5. The van der Waals surface area contributed by atoms with E-state index in [0.717, 1.165) is 9.87 Å². The van der Waals surface area contributed by atoms with Crippen LogP contribution in [0.15, 0.2) is 64.4 Å². The lowest BCUT2D eigenvalue weighted by molar-refractivity contribution is -0.126. The van der Waals surface area contributed by atoms with Crippen LogP contribution in [0.4, 0.5) is 0 Å². The minimum absolute atomic E-state index is 0.126. The minimum atomic E-state index is -3.55. The van der Waals surface area contributed by atoms with E-state index in [4.69, 9.17) is 0 Å². The molecule has 1 heterocycles. The van der Waals surface area contributed by atoms with E-state index in [2.05, 4.69) is 5.32 Å². The van der Waals surface area contributed by atoms with Gasteiger partial charge in [-0.1, -0.05) is 30.3 Å². The first-order chi connectivity index (χ1) is 15.0. The van der Waals surface area contributed by atoms with Crippen LogP contribution in [-0.4, -0.2) is 58.5 Å². The van der Waals surface area contributed by atoms with E-state index >= 15 is 0 Å². The van der Waals surface area contributed by atoms with Gasteiger partial charge in [0.05, 0.1) is 15.8 Å². The second-order valence-corrected chi connectivity index (χ2v) is 12.2. The third-order valence-electron chi connectivity index (χ3n) is 5.72. The Bertz CT molecular complexity index is 1140. The molecule has 2 aromatic carbocycles. The summed E-state index contributed by atoms with van der Waals surface area (Å²) in [6.45, 7) is 2.42. The van der Waals surface area contributed by atoms with Crippen molar-refractivity contribution in [1.29, 1.82) is 0 Å². The standard InChI is InChI=1S/C22H29N3O5S2/c1-17(18-9-11-21(12-10-18)31(27,28)24(2)3)23-22(26)19-13-15-25(16-14-19)32(29,30)20-7-5-4-6-8-20/h4-12,17,19H,13-16H2,1-3H3,(H,23,26). The molecule has 0 aliphatic carbocycles. The van der Waals surface area contributed by atoms with E-state index in [1.807, 2.05) is 6.92 Å². The van der Waals surface area contributed by atoms with Gasteiger partial charge in [-0.05, 0) is 49.6 Å². The minimum Gasteiger partial charge on any atom is -0.349 e. The average Bonchev–Trinajstić information content (AvgIpc) is 2.79. The number of carbonyl (C=O) groups is 1. The summed E-state index contributed by atoms with van der Waals surface area (Å²) in [4.78, 5) is 13.2. The van der Waals surface area contributed by atoms with Crippen molar-refractivity contribution >= 4 is 26.0 Å². The number of carbonyl (C=O) groups excluding carboxylic acids is 1. The lowest BCUT2D eigenvalue weighted by atomic mass is 9.96. The summed E-state index contributed by atoms with van der Waals surface area (Å²) >= 11 is 0. The molecule has 1 amide bonds. The first-order valence-electron chi connectivity index (χ1n) is 10.4. The highest BCUT2D eigenvalue weighted by Gasteiger charge is 2.32. The van der Waals surface area contributed by atoms with Crippen LogP contribution in [0, 0.1) is 5.92 Å². The van der Waals surface area contributed by atoms with Crippen molar-refractivity contribution in [3.63, 3.8) is 0 Å². The smallest absolute Gasteiger partial charge is 0.243 e. The highest BCUT2D eigenvalue weighted by Crippen LogP contribution is 2.25. The number of nitrogens with zero attached hydrogens (tertiary/aromatic N) is 2. The second-order valence-electron chi connectivity index (χ2n) is 8.08. The second kappa shape index (κ2) is 9.70. The molecule has 1 unspecified atom stereocenters. The Kier molecular flexibility index (Phi) is 7.39. The lowest BCUT2D eigenvalue weighted by Gasteiger charge is -2.31. The third-order valence-corrected chi connectivity index (χ3v) is 9.47. The van der Waals surface area contributed by atoms with Crippen LogP contribution in [0.25, 0.3) is 0 Å². The zero-order chi connectivity index (χ0) is 23.5. The molecule has 1 N–H and O–H groups in total. The zero-order valence-electron chi connectivity index (χ0n) is 18.4. The molecule has 1 atom stereocenters. The van der Waals surface area contributed by atoms with E-state index in [-0.39, 0.29) is 27.7 Å². The van der Waals surface area contributed by atoms with E-state index in [9.17, 15) is 21.6 Å². The summed E-state index contributed by atoms with van der Waals surface area (Å²) in [5.41, 5.74) is 0.792. The lowest BCUT2D eigenvalue weighted by Crippen LogP contribution is -2.43. The number of sulfonamides is 2. The molecule has 0 spiro atoms. The molecular formula is C22H29N3O5S2. The number of rotatable bonds is 7. The van der Waals surface area contributed by atoms with Crippen LogP contribution in [0.1, 0.15) is 31.4 Å². The zero-order valence-corrected chi connectivity index (χ0v) is 20.1. The molecular weight excluding hydrogens is 450 g/mol. The highest BCUT2D eigenvalue weighted by molar-refractivity contribution is 7.89. The molecule has 1 fully saturated rings. The first kappa shape index (κ1) is 24.4. The molecule has 8 nitrogen and oxygen atoms in total. The maximum Gasteiger partial charge on any atom is 0.243 e. The number of piperidine rings is 1. The fraction of sp³-hybridized carbons (Fsp3) is 0.409. The van der Waals surface area contributed by atoms with Gasteiger partial charge in [0.15, 0.2) is 0 Å². The van der Waals surface area contributed by atoms with E-state index in [1.165, 1.54) is 30.5 Å². The molecule has 3 rings (SSSR count). The summed E-state index contributed by atoms with van der Waals surface area (Å²) in [6.07, 6.45) is 0.898. The molecule has 0 aromatic heterocycles. The van der Waals surface area contributed by atoms with Gasteiger partial charge in [-0.3, -0.25) is 4.79 Å². The summed E-state index contributed by atoms with van der Waals surface area (Å²) in [7, 11) is -4.11. The van der Waals surface area contributed by atoms with Crippen LogP contribution < -0.4 is 5.32 Å². The Labute approximate surface area is 190 Å². The maximum absolute atomic E-state index is 12.7. The number of benzene rings is 2. The van der Waals surface area contributed by atoms with Gasteiger partial charge >= 0.3 is 0 Å². The molecule has 0 bridgehead atoms. The van der Waals surface area contributed by atoms with Gasteiger partial charge in [-0.25, -0.2) is 21.1 Å². The molecule has 10 heteroatoms. The molecule has 1 saturated heterocycles. The van der Waals surface area contributed by atoms with Crippen LogP contribution in [0.2, 0.25) is 0 Å². The van der Waals surface area contributed by atoms with Gasteiger partial charge in [0.2, 0.25) is 26.0 Å². The maximum atomic E-state index is 12.7. The third kappa shape index (κ3) is 5.20. The summed E-state index contributed by atoms with van der Waals surface area (Å²) in [5.74, 6) is -0.396. The number of hydrogen-bond donors (Lipinski definition) is 1. The fourth-order valence-corrected chi connectivity index (χ4v) is 6.05. The van der Waals surface area contributed by atoms with Gasteiger partial charge in [0.25, 0.3) is 0 Å². The Morgan fingerprint density at radius 2 is 1.50 bits per heavy atom. The first-order valence-corrected chi connectivity index (χ1v) is 13.3. The van der Waals surface area contributed by atoms with Crippen molar-refractivity contribution in [1.82, 2.24) is 13.9 Å². The van der Waals surface area contributed by atoms with Gasteiger partial charge in [0, 0.05) is 33.1 Å². The van der Waals surface area contributed by atoms with Gasteiger partial charge < -0.3 is 5.32 Å². The molecule has 174 valence electrons. The molecule has 1 aliphatic heterocycles. The predicted molar refractivity (Wildman–Crippen MR) is 122 cm³/mol. The van der Waals surface area contributed by atoms with E-state index in [1.54, 1.807) is 42.5 Å². The molecule has 32 heavy (non-hydrogen) atoms. The van der Waals surface area contributed by atoms with Crippen LogP contribution in [0.5, 0.6) is 0 Å². The number of nitrogens with one attached hydrogen (secondary N) is 1. The highest BCUT2D eigenvalue weighted by atomic mass is 32.2. The molecule has 0 radical (unpaired) electrons. The van der Waals surface area contributed by atoms with Gasteiger partial charge in [-0.2, -0.15) is 4.31 Å². The normalized spacial score (nSPS) is 17.2. The van der Waals surface area contributed by atoms with Crippen molar-refractivity contribution < 1.29 is 21.6 Å². The van der Waals surface area contributed by atoms with E-state index in [0.29, 0.717) is 25.9 Å². The molecule has 2 aromatic rings. The topological polar surface area (TPSA) is 104 Å². The summed E-state index contributed by atoms with van der Waals surface area (Å²) in [6, 6.07) is 14.4. The van der Waals surface area contributed by atoms with E-state index < -0.39 is 20.0 Å². The van der Waals surface area contributed by atoms with Crippen molar-refractivity contribution in [2.45, 2.75) is 35.6 Å². The Morgan fingerprint density at radius 3 is 2.03 bits per heavy atom. The quantitative estimate of drug-likeness (QED) is 0.656. The number of amides is 1. The van der Waals surface area contributed by atoms with Crippen molar-refractivity contribution in [3.05, 3.63) is 60.2 Å². The average molecular weight is 480 g/mol. The van der Waals surface area contributed by atoms with Gasteiger partial charge in [0.1, 0.15) is 0 Å². The van der Waals surface area contributed by atoms with Crippen molar-refractivity contribution in [2.24, 2.45) is 5.92 Å². The predicted octanol–water partition coefficient (Wildman–Crippen LogP) is 2.21. The van der Waals surface area contributed by atoms with Crippen LogP contribution >= 0.6 is 0 Å². The monoisotopic (exact) mass is 479 g/mol. The summed E-state index contributed by atoms with van der Waals surface area (Å²) in [5, 5.41) is 2.97. The van der Waals surface area contributed by atoms with Crippen LogP contribution in [-0.2, 0) is 24.8 Å². The van der Waals surface area contributed by atoms with Crippen molar-refractivity contribution in [3.8, 4) is 0 Å². The Hall–Kier alpha value is -2.27.